The molecule has 1 saturated carbocycles. The number of aliphatic hydroxyl groups is 2. The van der Waals surface area contributed by atoms with Gasteiger partial charge >= 0.3 is 0 Å². The summed E-state index contributed by atoms with van der Waals surface area (Å²) in [5, 5.41) is 29.2. The Kier molecular flexibility index (Phi) is 3.67. The Morgan fingerprint density at radius 3 is 2.38 bits per heavy atom. The standard InChI is InChI=1S/C9H16N2O2/c10-4-3-9(1-2-9)7-11-8(5-12)6-13/h8,11-13H,1-3,5-7H2. The SMILES string of the molecule is N#CCC1(CNC(CO)CO)CC1. The summed E-state index contributed by atoms with van der Waals surface area (Å²) < 4.78 is 0. The van der Waals surface area contributed by atoms with E-state index >= 15 is 0 Å². The number of hydrogen-bond donors (Lipinski definition) is 3. The number of aliphatic hydroxyl groups excluding tert-OH is 2. The van der Waals surface area contributed by atoms with Crippen molar-refractivity contribution in [2.75, 3.05) is 19.8 Å². The van der Waals surface area contributed by atoms with Gasteiger partial charge in [0.2, 0.25) is 0 Å². The van der Waals surface area contributed by atoms with Gasteiger partial charge in [-0.25, -0.2) is 0 Å². The molecular formula is C9H16N2O2. The van der Waals surface area contributed by atoms with Gasteiger partial charge in [-0.15, -0.1) is 0 Å². The molecule has 0 aromatic carbocycles. The molecule has 4 nitrogen and oxygen atoms in total. The maximum atomic E-state index is 8.79. The van der Waals surface area contributed by atoms with Crippen molar-refractivity contribution in [1.82, 2.24) is 5.32 Å². The number of nitrogens with zero attached hydrogens (tertiary/aromatic N) is 1. The van der Waals surface area contributed by atoms with Gasteiger partial charge in [0.25, 0.3) is 0 Å². The van der Waals surface area contributed by atoms with Crippen LogP contribution in [0.2, 0.25) is 0 Å². The number of rotatable bonds is 6. The fraction of sp³-hybridized carbons (Fsp3) is 0.889. The third-order valence-electron chi connectivity index (χ3n) is 2.62. The maximum Gasteiger partial charge on any atom is 0.0628 e. The van der Waals surface area contributed by atoms with Crippen LogP contribution in [-0.4, -0.2) is 36.0 Å². The molecule has 0 saturated heterocycles. The summed E-state index contributed by atoms with van der Waals surface area (Å²) >= 11 is 0. The molecule has 0 bridgehead atoms. The summed E-state index contributed by atoms with van der Waals surface area (Å²) in [6.07, 6.45) is 2.73. The number of nitriles is 1. The molecule has 0 atom stereocenters. The molecule has 74 valence electrons. The molecule has 13 heavy (non-hydrogen) atoms. The highest BCUT2D eigenvalue weighted by atomic mass is 16.3. The van der Waals surface area contributed by atoms with Crippen molar-refractivity contribution in [3.05, 3.63) is 0 Å². The molecule has 0 unspecified atom stereocenters. The molecule has 1 aliphatic rings. The van der Waals surface area contributed by atoms with Crippen molar-refractivity contribution in [2.24, 2.45) is 5.41 Å². The lowest BCUT2D eigenvalue weighted by Crippen LogP contribution is -2.39. The zero-order valence-electron chi connectivity index (χ0n) is 7.66. The van der Waals surface area contributed by atoms with Crippen molar-refractivity contribution in [3.63, 3.8) is 0 Å². The van der Waals surface area contributed by atoms with Gasteiger partial charge in [-0.05, 0) is 18.3 Å². The van der Waals surface area contributed by atoms with Crippen LogP contribution in [0.1, 0.15) is 19.3 Å². The maximum absolute atomic E-state index is 8.79. The average Bonchev–Trinajstić information content (AvgIpc) is 2.88. The molecule has 1 aliphatic carbocycles. The number of hydrogen-bond acceptors (Lipinski definition) is 4. The fourth-order valence-electron chi connectivity index (χ4n) is 1.31. The van der Waals surface area contributed by atoms with Crippen LogP contribution in [0.25, 0.3) is 0 Å². The molecule has 1 rings (SSSR count). The monoisotopic (exact) mass is 184 g/mol. The lowest BCUT2D eigenvalue weighted by Gasteiger charge is -2.17. The zero-order chi connectivity index (χ0) is 9.73. The molecule has 0 radical (unpaired) electrons. The lowest BCUT2D eigenvalue weighted by atomic mass is 10.0. The van der Waals surface area contributed by atoms with Gasteiger partial charge in [0.05, 0.1) is 25.3 Å². The summed E-state index contributed by atoms with van der Waals surface area (Å²) in [6, 6.07) is 1.93. The molecule has 4 heteroatoms. The molecule has 0 aliphatic heterocycles. The van der Waals surface area contributed by atoms with Gasteiger partial charge in [0.1, 0.15) is 0 Å². The minimum atomic E-state index is -0.240. The Balaban J connectivity index is 2.22. The van der Waals surface area contributed by atoms with Gasteiger partial charge in [-0.3, -0.25) is 0 Å². The van der Waals surface area contributed by atoms with Crippen LogP contribution >= 0.6 is 0 Å². The molecule has 0 aromatic rings. The average molecular weight is 184 g/mol. The van der Waals surface area contributed by atoms with Crippen LogP contribution in [-0.2, 0) is 0 Å². The lowest BCUT2D eigenvalue weighted by molar-refractivity contribution is 0.166. The van der Waals surface area contributed by atoms with E-state index in [-0.39, 0.29) is 24.7 Å². The van der Waals surface area contributed by atoms with E-state index < -0.39 is 0 Å². The minimum Gasteiger partial charge on any atom is -0.395 e. The highest BCUT2D eigenvalue weighted by Crippen LogP contribution is 2.47. The normalized spacial score (nSPS) is 18.6. The van der Waals surface area contributed by atoms with Crippen LogP contribution in [0.15, 0.2) is 0 Å². The Morgan fingerprint density at radius 2 is 2.00 bits per heavy atom. The summed E-state index contributed by atoms with van der Waals surface area (Å²) in [7, 11) is 0. The van der Waals surface area contributed by atoms with Gasteiger partial charge in [0, 0.05) is 13.0 Å². The van der Waals surface area contributed by atoms with Crippen molar-refractivity contribution >= 4 is 0 Å². The molecule has 0 aromatic heterocycles. The first-order chi connectivity index (χ1) is 6.26. The largest absolute Gasteiger partial charge is 0.395 e. The second-order valence-corrected chi connectivity index (χ2v) is 3.78. The van der Waals surface area contributed by atoms with Crippen LogP contribution < -0.4 is 5.32 Å². The fourth-order valence-corrected chi connectivity index (χ4v) is 1.31. The van der Waals surface area contributed by atoms with E-state index in [1.165, 1.54) is 0 Å². The van der Waals surface area contributed by atoms with Crippen molar-refractivity contribution in [3.8, 4) is 6.07 Å². The predicted octanol–water partition coefficient (Wildman–Crippen LogP) is -0.377. The summed E-state index contributed by atoms with van der Waals surface area (Å²) in [5.74, 6) is 0. The Bertz CT molecular complexity index is 192. The van der Waals surface area contributed by atoms with Gasteiger partial charge in [-0.2, -0.15) is 5.26 Å². The first kappa shape index (κ1) is 10.5. The topological polar surface area (TPSA) is 76.3 Å². The summed E-state index contributed by atoms with van der Waals surface area (Å²) in [6.45, 7) is 0.616. The van der Waals surface area contributed by atoms with Crippen LogP contribution in [0.4, 0.5) is 0 Å². The highest BCUT2D eigenvalue weighted by Gasteiger charge is 2.42. The first-order valence-electron chi connectivity index (χ1n) is 4.58. The molecule has 0 heterocycles. The second-order valence-electron chi connectivity index (χ2n) is 3.78. The molecule has 1 fully saturated rings. The minimum absolute atomic E-state index is 0.0564. The van der Waals surface area contributed by atoms with Crippen LogP contribution in [0.5, 0.6) is 0 Å². The van der Waals surface area contributed by atoms with Crippen molar-refractivity contribution in [2.45, 2.75) is 25.3 Å². The van der Waals surface area contributed by atoms with Gasteiger partial charge < -0.3 is 15.5 Å². The van der Waals surface area contributed by atoms with Gasteiger partial charge in [0.15, 0.2) is 0 Å². The molecule has 0 spiro atoms. The van der Waals surface area contributed by atoms with E-state index in [0.717, 1.165) is 19.4 Å². The molecular weight excluding hydrogens is 168 g/mol. The molecule has 0 amide bonds. The summed E-state index contributed by atoms with van der Waals surface area (Å²) in [5.41, 5.74) is 0.136. The van der Waals surface area contributed by atoms with E-state index in [4.69, 9.17) is 15.5 Å². The Labute approximate surface area is 78.2 Å². The van der Waals surface area contributed by atoms with Crippen LogP contribution in [0, 0.1) is 16.7 Å². The van der Waals surface area contributed by atoms with E-state index in [9.17, 15) is 0 Å². The van der Waals surface area contributed by atoms with E-state index in [1.54, 1.807) is 0 Å². The highest BCUT2D eigenvalue weighted by molar-refractivity contribution is 5.01. The first-order valence-corrected chi connectivity index (χ1v) is 4.58. The predicted molar refractivity (Wildman–Crippen MR) is 47.9 cm³/mol. The van der Waals surface area contributed by atoms with Crippen molar-refractivity contribution in [1.29, 1.82) is 5.26 Å². The Hall–Kier alpha value is -0.630. The third kappa shape index (κ3) is 2.96. The zero-order valence-corrected chi connectivity index (χ0v) is 7.66. The van der Waals surface area contributed by atoms with E-state index in [0.29, 0.717) is 6.42 Å². The van der Waals surface area contributed by atoms with Crippen molar-refractivity contribution < 1.29 is 10.2 Å². The smallest absolute Gasteiger partial charge is 0.0628 e. The summed E-state index contributed by atoms with van der Waals surface area (Å²) in [4.78, 5) is 0. The molecule has 3 N–H and O–H groups in total. The van der Waals surface area contributed by atoms with Gasteiger partial charge in [-0.1, -0.05) is 0 Å². The quantitative estimate of drug-likeness (QED) is 0.526. The van der Waals surface area contributed by atoms with E-state index in [2.05, 4.69) is 11.4 Å². The number of nitrogens with one attached hydrogen (secondary N) is 1. The second kappa shape index (κ2) is 4.56. The van der Waals surface area contributed by atoms with E-state index in [1.807, 2.05) is 0 Å². The third-order valence-corrected chi connectivity index (χ3v) is 2.62. The Morgan fingerprint density at radius 1 is 1.38 bits per heavy atom. The van der Waals surface area contributed by atoms with Crippen LogP contribution in [0.3, 0.4) is 0 Å².